The van der Waals surface area contributed by atoms with E-state index in [0.717, 1.165) is 32.1 Å². The third-order valence-corrected chi connectivity index (χ3v) is 2.68. The molecule has 0 aromatic carbocycles. The smallest absolute Gasteiger partial charge is 0.0510 e. The zero-order valence-electron chi connectivity index (χ0n) is 8.59. The Hall–Kier alpha value is -0.340. The van der Waals surface area contributed by atoms with Crippen LogP contribution >= 0.6 is 0 Å². The second-order valence-corrected chi connectivity index (χ2v) is 3.65. The molecule has 0 aromatic heterocycles. The minimum atomic E-state index is 0.630. The largest absolute Gasteiger partial charge is 0.381 e. The number of ether oxygens (including phenoxy) is 1. The van der Waals surface area contributed by atoms with Crippen LogP contribution in [0.1, 0.15) is 26.2 Å². The molecule has 1 rings (SSSR count). The lowest BCUT2D eigenvalue weighted by molar-refractivity contribution is 0.175. The Morgan fingerprint density at radius 2 is 2.54 bits per heavy atom. The van der Waals surface area contributed by atoms with Crippen molar-refractivity contribution in [3.8, 4) is 0 Å². The van der Waals surface area contributed by atoms with Gasteiger partial charge in [-0.05, 0) is 31.7 Å². The zero-order valence-corrected chi connectivity index (χ0v) is 8.59. The lowest BCUT2D eigenvalue weighted by atomic mass is 9.95. The molecule has 0 amide bonds. The van der Waals surface area contributed by atoms with Gasteiger partial charge in [0.2, 0.25) is 0 Å². The van der Waals surface area contributed by atoms with Crippen LogP contribution in [-0.2, 0) is 4.74 Å². The first kappa shape index (κ1) is 10.7. The molecule has 2 atom stereocenters. The molecule has 0 radical (unpaired) electrons. The van der Waals surface area contributed by atoms with Gasteiger partial charge >= 0.3 is 0 Å². The quantitative estimate of drug-likeness (QED) is 0.636. The highest BCUT2D eigenvalue weighted by Gasteiger charge is 2.23. The maximum Gasteiger partial charge on any atom is 0.0510 e. The van der Waals surface area contributed by atoms with Gasteiger partial charge in [-0.2, -0.15) is 0 Å². The monoisotopic (exact) mass is 183 g/mol. The van der Waals surface area contributed by atoms with Crippen LogP contribution in [-0.4, -0.2) is 25.8 Å². The van der Waals surface area contributed by atoms with Gasteiger partial charge in [-0.1, -0.05) is 13.0 Å². The second-order valence-electron chi connectivity index (χ2n) is 3.65. The topological polar surface area (TPSA) is 21.3 Å². The fourth-order valence-corrected chi connectivity index (χ4v) is 1.93. The Morgan fingerprint density at radius 3 is 3.08 bits per heavy atom. The molecular formula is C11H21NO. The first-order valence-corrected chi connectivity index (χ1v) is 5.30. The summed E-state index contributed by atoms with van der Waals surface area (Å²) >= 11 is 0. The Morgan fingerprint density at radius 1 is 1.69 bits per heavy atom. The van der Waals surface area contributed by atoms with Gasteiger partial charge in [0.05, 0.1) is 6.61 Å². The van der Waals surface area contributed by atoms with Crippen LogP contribution in [0.5, 0.6) is 0 Å². The average molecular weight is 183 g/mol. The lowest BCUT2D eigenvalue weighted by Crippen LogP contribution is -2.36. The SMILES string of the molecule is C=CCCC(NCC)C1CCOC1. The number of hydrogen-bond donors (Lipinski definition) is 1. The molecular weight excluding hydrogens is 162 g/mol. The summed E-state index contributed by atoms with van der Waals surface area (Å²) in [7, 11) is 0. The molecule has 2 nitrogen and oxygen atoms in total. The van der Waals surface area contributed by atoms with Gasteiger partial charge in [0.25, 0.3) is 0 Å². The summed E-state index contributed by atoms with van der Waals surface area (Å²) in [5.74, 6) is 0.722. The van der Waals surface area contributed by atoms with Gasteiger partial charge in [-0.15, -0.1) is 6.58 Å². The van der Waals surface area contributed by atoms with E-state index in [0.29, 0.717) is 6.04 Å². The highest BCUT2D eigenvalue weighted by molar-refractivity contribution is 4.81. The van der Waals surface area contributed by atoms with Crippen molar-refractivity contribution in [3.63, 3.8) is 0 Å². The number of nitrogens with one attached hydrogen (secondary N) is 1. The molecule has 76 valence electrons. The number of allylic oxidation sites excluding steroid dienone is 1. The van der Waals surface area contributed by atoms with Gasteiger partial charge in [0.1, 0.15) is 0 Å². The zero-order chi connectivity index (χ0) is 9.52. The van der Waals surface area contributed by atoms with Crippen molar-refractivity contribution in [2.24, 2.45) is 5.92 Å². The average Bonchev–Trinajstić information content (AvgIpc) is 2.65. The van der Waals surface area contributed by atoms with Crippen molar-refractivity contribution in [2.45, 2.75) is 32.2 Å². The minimum Gasteiger partial charge on any atom is -0.381 e. The van der Waals surface area contributed by atoms with E-state index in [1.165, 1.54) is 12.8 Å². The molecule has 2 unspecified atom stereocenters. The normalized spacial score (nSPS) is 24.5. The highest BCUT2D eigenvalue weighted by atomic mass is 16.5. The lowest BCUT2D eigenvalue weighted by Gasteiger charge is -2.22. The molecule has 0 aromatic rings. The van der Waals surface area contributed by atoms with Crippen LogP contribution in [0.4, 0.5) is 0 Å². The molecule has 1 heterocycles. The van der Waals surface area contributed by atoms with Crippen molar-refractivity contribution >= 4 is 0 Å². The summed E-state index contributed by atoms with van der Waals surface area (Å²) < 4.78 is 5.40. The predicted molar refractivity (Wildman–Crippen MR) is 55.8 cm³/mol. The van der Waals surface area contributed by atoms with Crippen molar-refractivity contribution < 1.29 is 4.74 Å². The first-order valence-electron chi connectivity index (χ1n) is 5.30. The van der Waals surface area contributed by atoms with Crippen LogP contribution in [0.15, 0.2) is 12.7 Å². The maximum absolute atomic E-state index is 5.40. The first-order chi connectivity index (χ1) is 6.38. The number of hydrogen-bond acceptors (Lipinski definition) is 2. The van der Waals surface area contributed by atoms with Crippen molar-refractivity contribution in [1.82, 2.24) is 5.32 Å². The summed E-state index contributed by atoms with van der Waals surface area (Å²) in [6, 6.07) is 0.630. The van der Waals surface area contributed by atoms with E-state index in [1.807, 2.05) is 6.08 Å². The fourth-order valence-electron chi connectivity index (χ4n) is 1.93. The predicted octanol–water partition coefficient (Wildman–Crippen LogP) is 1.97. The van der Waals surface area contributed by atoms with E-state index >= 15 is 0 Å². The molecule has 0 spiro atoms. The van der Waals surface area contributed by atoms with E-state index in [4.69, 9.17) is 4.74 Å². The summed E-state index contributed by atoms with van der Waals surface area (Å²) in [6.07, 6.45) is 5.52. The molecule has 1 aliphatic heterocycles. The molecule has 13 heavy (non-hydrogen) atoms. The standard InChI is InChI=1S/C11H21NO/c1-3-5-6-11(12-4-2)10-7-8-13-9-10/h3,10-12H,1,4-9H2,2H3. The molecule has 1 aliphatic rings. The third kappa shape index (κ3) is 3.49. The minimum absolute atomic E-state index is 0.630. The van der Waals surface area contributed by atoms with Crippen LogP contribution in [0.25, 0.3) is 0 Å². The maximum atomic E-state index is 5.40. The van der Waals surface area contributed by atoms with E-state index in [1.54, 1.807) is 0 Å². The van der Waals surface area contributed by atoms with Crippen LogP contribution in [0.2, 0.25) is 0 Å². The molecule has 1 fully saturated rings. The molecule has 2 heteroatoms. The number of rotatable bonds is 6. The van der Waals surface area contributed by atoms with E-state index in [-0.39, 0.29) is 0 Å². The van der Waals surface area contributed by atoms with Crippen LogP contribution in [0.3, 0.4) is 0 Å². The molecule has 0 bridgehead atoms. The van der Waals surface area contributed by atoms with Gasteiger partial charge in [0.15, 0.2) is 0 Å². The Balaban J connectivity index is 2.30. The van der Waals surface area contributed by atoms with Crippen LogP contribution < -0.4 is 5.32 Å². The Bertz CT molecular complexity index is 141. The van der Waals surface area contributed by atoms with Gasteiger partial charge < -0.3 is 10.1 Å². The summed E-state index contributed by atoms with van der Waals surface area (Å²) in [4.78, 5) is 0. The summed E-state index contributed by atoms with van der Waals surface area (Å²) in [5.41, 5.74) is 0. The van der Waals surface area contributed by atoms with Crippen molar-refractivity contribution in [2.75, 3.05) is 19.8 Å². The van der Waals surface area contributed by atoms with Crippen molar-refractivity contribution in [3.05, 3.63) is 12.7 Å². The van der Waals surface area contributed by atoms with Gasteiger partial charge in [-0.3, -0.25) is 0 Å². The molecule has 0 saturated carbocycles. The van der Waals surface area contributed by atoms with E-state index < -0.39 is 0 Å². The molecule has 1 N–H and O–H groups in total. The van der Waals surface area contributed by atoms with Crippen molar-refractivity contribution in [1.29, 1.82) is 0 Å². The Labute approximate surface area is 81.4 Å². The fraction of sp³-hybridized carbons (Fsp3) is 0.818. The highest BCUT2D eigenvalue weighted by Crippen LogP contribution is 2.19. The van der Waals surface area contributed by atoms with E-state index in [2.05, 4.69) is 18.8 Å². The molecule has 1 saturated heterocycles. The van der Waals surface area contributed by atoms with E-state index in [9.17, 15) is 0 Å². The summed E-state index contributed by atoms with van der Waals surface area (Å²) in [5, 5.41) is 3.53. The van der Waals surface area contributed by atoms with Gasteiger partial charge in [0, 0.05) is 12.6 Å². The molecule has 0 aliphatic carbocycles. The third-order valence-electron chi connectivity index (χ3n) is 2.68. The second kappa shape index (κ2) is 6.17. The Kier molecular flexibility index (Phi) is 5.09. The van der Waals surface area contributed by atoms with Crippen LogP contribution in [0, 0.1) is 5.92 Å². The van der Waals surface area contributed by atoms with Gasteiger partial charge in [-0.25, -0.2) is 0 Å². The summed E-state index contributed by atoms with van der Waals surface area (Å²) in [6.45, 7) is 8.86.